The van der Waals surface area contributed by atoms with Gasteiger partial charge in [-0.1, -0.05) is 75.2 Å². The topological polar surface area (TPSA) is 229 Å². The number of alkyl halides is 4. The number of allylic oxidation sites excluding steroid dienone is 8. The Balaban J connectivity index is 0.000000211. The van der Waals surface area contributed by atoms with E-state index in [2.05, 4.69) is 82.9 Å². The second-order valence-electron chi connectivity index (χ2n) is 44.5. The molecule has 2 fully saturated rings. The minimum absolute atomic E-state index is 0.187. The van der Waals surface area contributed by atoms with Crippen LogP contribution in [0.4, 0.5) is 17.6 Å². The first-order valence-corrected chi connectivity index (χ1v) is 53.6. The van der Waals surface area contributed by atoms with E-state index in [-0.39, 0.29) is 104 Å². The molecule has 7 aromatic heterocycles. The number of hydrogen-bond acceptors (Lipinski definition) is 22. The normalized spacial score (nSPS) is 21.8. The number of nitrogens with zero attached hydrogens (tertiary/aromatic N) is 3. The Labute approximate surface area is 871 Å². The molecule has 32 heteroatoms. The van der Waals surface area contributed by atoms with E-state index in [4.69, 9.17) is 75.0 Å². The highest BCUT2D eigenvalue weighted by Gasteiger charge is 2.54. The second kappa shape index (κ2) is 49.7. The molecule has 778 valence electrons. The van der Waals surface area contributed by atoms with Crippen molar-refractivity contribution in [1.29, 1.82) is 0 Å². The Morgan fingerprint density at radius 1 is 0.411 bits per heavy atom. The summed E-state index contributed by atoms with van der Waals surface area (Å²) in [4.78, 5) is 68.4. The molecule has 8 unspecified atom stereocenters. The minimum atomic E-state index is -1.07. The number of pyridine rings is 3. The molecule has 6 aliphatic rings. The molecule has 2 saturated heterocycles. The highest BCUT2D eigenvalue weighted by atomic mass is 79.9. The number of carbonyl (C=O) groups excluding carboxylic acids is 3. The zero-order chi connectivity index (χ0) is 106. The lowest BCUT2D eigenvalue weighted by Gasteiger charge is -2.32. The first-order chi connectivity index (χ1) is 65.4. The average molecular weight is 2140 g/mol. The molecule has 0 amide bonds. The number of carboxylic acid groups (broad SMARTS) is 1. The number of thiophene rings is 4. The molecule has 19 nitrogen and oxygen atoms in total. The number of aromatic nitrogens is 3. The SMILES string of the molecule is CC1(C)OB(c2ccncc2)OC1(C)C.CC1(CF)CC=C(B2OC(C)(C)C(C)(C)O2)CC1.CCOC(=O)C(OC(C)(C)C)c1c(C)sc(-c2ccncc2)c1C1=CCC(C)(CF)CC1.CCOC(=O)C(OC(C)(C)C)c1c(C)sc(Cl)c1Br.CCOC(=O)C(OC(C)(C)C)c1c(C)sc(Cl)c1C1=CCC(C)(CF)CC1.Cc1sc(-c2ccncc2)c(C2=CCC(C)(CF)CC2)c1C(OC(C)(C)C)C(=O)O. The predicted molar refractivity (Wildman–Crippen MR) is 572 cm³/mol. The summed E-state index contributed by atoms with van der Waals surface area (Å²) in [7, 11) is -0.530. The van der Waals surface area contributed by atoms with Crippen LogP contribution in [-0.4, -0.2) is 149 Å². The van der Waals surface area contributed by atoms with E-state index in [1.807, 2.05) is 203 Å². The molecule has 7 aromatic rings. The van der Waals surface area contributed by atoms with Crippen LogP contribution in [0.1, 0.15) is 347 Å². The van der Waals surface area contributed by atoms with Crippen molar-refractivity contribution >= 4 is 145 Å². The number of rotatable bonds is 26. The molecule has 0 bridgehead atoms. The van der Waals surface area contributed by atoms with Crippen LogP contribution in [0.5, 0.6) is 0 Å². The van der Waals surface area contributed by atoms with Crippen molar-refractivity contribution in [3.8, 4) is 20.9 Å². The molecule has 8 atom stereocenters. The van der Waals surface area contributed by atoms with Crippen molar-refractivity contribution in [2.75, 3.05) is 46.5 Å². The maximum absolute atomic E-state index is 13.6. The van der Waals surface area contributed by atoms with E-state index in [9.17, 15) is 41.8 Å². The lowest BCUT2D eigenvalue weighted by atomic mass is 9.67. The van der Waals surface area contributed by atoms with E-state index in [1.165, 1.54) is 28.1 Å². The number of hydrogen-bond donors (Lipinski definition) is 1. The van der Waals surface area contributed by atoms with Gasteiger partial charge in [0.1, 0.15) is 8.67 Å². The van der Waals surface area contributed by atoms with Crippen LogP contribution < -0.4 is 5.46 Å². The van der Waals surface area contributed by atoms with E-state index >= 15 is 0 Å². The van der Waals surface area contributed by atoms with Crippen LogP contribution in [0.25, 0.3) is 37.6 Å². The largest absolute Gasteiger partial charge is 0.494 e. The van der Waals surface area contributed by atoms with E-state index in [0.717, 1.165) is 147 Å². The molecule has 2 aliphatic heterocycles. The monoisotopic (exact) mass is 2130 g/mol. The molecular weight excluding hydrogens is 1980 g/mol. The van der Waals surface area contributed by atoms with Crippen molar-refractivity contribution in [2.45, 2.75) is 361 Å². The van der Waals surface area contributed by atoms with Gasteiger partial charge in [-0.15, -0.1) is 45.3 Å². The molecule has 0 radical (unpaired) electrons. The molecule has 13 rings (SSSR count). The number of aryl methyl sites for hydroxylation is 4. The van der Waals surface area contributed by atoms with Crippen LogP contribution in [0.2, 0.25) is 8.67 Å². The summed E-state index contributed by atoms with van der Waals surface area (Å²) >= 11 is 22.2. The van der Waals surface area contributed by atoms with Gasteiger partial charge in [0.05, 0.1) is 95.8 Å². The first kappa shape index (κ1) is 120. The van der Waals surface area contributed by atoms with Gasteiger partial charge in [0, 0.05) is 105 Å². The predicted octanol–water partition coefficient (Wildman–Crippen LogP) is 30.3. The number of carbonyl (C=O) groups is 4. The van der Waals surface area contributed by atoms with Crippen molar-refractivity contribution in [1.82, 2.24) is 15.0 Å². The summed E-state index contributed by atoms with van der Waals surface area (Å²) in [5.74, 6) is -2.18. The zero-order valence-electron chi connectivity index (χ0n) is 88.8. The average Bonchev–Trinajstić information content (AvgIpc) is 1.73. The van der Waals surface area contributed by atoms with Crippen LogP contribution in [0, 0.1) is 49.4 Å². The summed E-state index contributed by atoms with van der Waals surface area (Å²) in [5, 5.41) is 10.0. The van der Waals surface area contributed by atoms with Crippen LogP contribution in [0.3, 0.4) is 0 Å². The molecule has 9 heterocycles. The highest BCUT2D eigenvalue weighted by molar-refractivity contribution is 9.10. The molecule has 0 spiro atoms. The van der Waals surface area contributed by atoms with Gasteiger partial charge in [-0.2, -0.15) is 0 Å². The second-order valence-corrected chi connectivity index (χ2v) is 51.4. The zero-order valence-corrected chi connectivity index (χ0v) is 95.2. The fraction of sp³-hybridized carbons (Fsp3) is 0.606. The van der Waals surface area contributed by atoms with Crippen LogP contribution in [0.15, 0.2) is 108 Å². The summed E-state index contributed by atoms with van der Waals surface area (Å²) in [6.45, 7) is 60.0. The van der Waals surface area contributed by atoms with E-state index in [0.29, 0.717) is 51.0 Å². The Hall–Kier alpha value is -6.32. The van der Waals surface area contributed by atoms with Crippen molar-refractivity contribution < 1.29 is 93.6 Å². The van der Waals surface area contributed by atoms with Gasteiger partial charge in [0.2, 0.25) is 0 Å². The minimum Gasteiger partial charge on any atom is -0.479 e. The lowest BCUT2D eigenvalue weighted by molar-refractivity contribution is -0.167. The molecule has 1 N–H and O–H groups in total. The molecule has 141 heavy (non-hydrogen) atoms. The highest BCUT2D eigenvalue weighted by Crippen LogP contribution is 2.55. The number of esters is 3. The molecule has 0 saturated carbocycles. The van der Waals surface area contributed by atoms with Gasteiger partial charge in [-0.25, -0.2) is 19.2 Å². The van der Waals surface area contributed by atoms with Crippen LogP contribution >= 0.6 is 84.5 Å². The maximum atomic E-state index is 13.6. The summed E-state index contributed by atoms with van der Waals surface area (Å²) in [6.07, 6.45) is 24.4. The summed E-state index contributed by atoms with van der Waals surface area (Å²) in [5.41, 5.74) is 9.03. The van der Waals surface area contributed by atoms with Crippen LogP contribution in [-0.2, 0) is 71.0 Å². The Bertz CT molecular complexity index is 5470. The molecular formula is C109H152B2BrCl2F4N3O16S4. The summed E-state index contributed by atoms with van der Waals surface area (Å²) in [6, 6.07) is 11.7. The Kier molecular flexibility index (Phi) is 42.2. The van der Waals surface area contributed by atoms with Crippen molar-refractivity contribution in [3.05, 3.63) is 175 Å². The van der Waals surface area contributed by atoms with Gasteiger partial charge in [0.25, 0.3) is 0 Å². The van der Waals surface area contributed by atoms with Gasteiger partial charge in [-0.05, 0) is 377 Å². The van der Waals surface area contributed by atoms with E-state index < -0.39 is 64.7 Å². The smallest absolute Gasteiger partial charge is 0.479 e. The number of ether oxygens (including phenoxy) is 7. The fourth-order valence-corrected chi connectivity index (χ4v) is 22.7. The third-order valence-electron chi connectivity index (χ3n) is 26.4. The number of halogens is 7. The maximum Gasteiger partial charge on any atom is 0.494 e. The Morgan fingerprint density at radius 3 is 0.979 bits per heavy atom. The van der Waals surface area contributed by atoms with Crippen molar-refractivity contribution in [2.24, 2.45) is 21.7 Å². The molecule has 0 aromatic carbocycles. The van der Waals surface area contributed by atoms with Gasteiger partial charge in [-0.3, -0.25) is 32.5 Å². The third kappa shape index (κ3) is 32.1. The lowest BCUT2D eigenvalue weighted by Crippen LogP contribution is -2.41. The quantitative estimate of drug-likeness (QED) is 0.0230. The number of carboxylic acids is 1. The first-order valence-electron chi connectivity index (χ1n) is 48.8. The van der Waals surface area contributed by atoms with Gasteiger partial charge in [0.15, 0.2) is 24.4 Å². The fourth-order valence-electron chi connectivity index (χ4n) is 16.6. The van der Waals surface area contributed by atoms with Crippen molar-refractivity contribution in [3.63, 3.8) is 0 Å². The summed E-state index contributed by atoms with van der Waals surface area (Å²) < 4.78 is 119. The Morgan fingerprint density at radius 2 is 0.688 bits per heavy atom. The van der Waals surface area contributed by atoms with Gasteiger partial charge < -0.3 is 56.9 Å². The third-order valence-corrected chi connectivity index (χ3v) is 32.7. The van der Waals surface area contributed by atoms with E-state index in [1.54, 1.807) is 80.6 Å². The molecule has 4 aliphatic carbocycles. The number of aliphatic carboxylic acids is 1. The standard InChI is InChI=1S/C26H34FNO3S.C24H30FNO3S.C21H30ClFO3S.C14H24BFO2.C13H18BrClO3S.C11H16BNO2/c1-7-30-24(29)22(31-25(3,4)5)20-17(2)32-23(19-10-14-28-15-11-19)21(20)18-8-12-26(6,16-27)13-9-18;1-15-18(20(22(27)28)29-23(2,3)4)19(16-6-10-24(5,14-25)11-7-16)21(30-15)17-8-12-26-13-9-17;1-7-25-19(24)17(26-20(3,4)5)15-13(2)27-18(22)16(15)14-8-10-21(6,12-23)11-9-14;1-12(2)13(3,4)18-15(17-12)11-6-8-14(5,10-16)9-7-11;1-6-17-12(16)10(18-13(3,4)5)8-7(2)19-11(15)9(8)14;1-10(2)11(3,4)15-12(14-10)9-5-7-13-8-6-9/h8,10-11,14-15,22H,7,9,12-13,16H2,1-6H3;6,8-9,12-13,20H,7,10-11,14H2,1-5H3,(H,27,28);8,17H,7,9-12H2,1-6H3;6H,7-10H2,1-5H3;10H,6H2,1-5H3;5-8H,1-4H3. The van der Waals surface area contributed by atoms with Gasteiger partial charge >= 0.3 is 38.1 Å².